The molecular formula is C7H4ClNO3S. The number of hydrogen-bond donors (Lipinski definition) is 0. The smallest absolute Gasteiger partial charge is 0.211 e. The molecule has 13 heavy (non-hydrogen) atoms. The molecule has 4 nitrogen and oxygen atoms in total. The Morgan fingerprint density at radius 3 is 2.62 bits per heavy atom. The van der Waals surface area contributed by atoms with Crippen LogP contribution in [0.1, 0.15) is 0 Å². The van der Waals surface area contributed by atoms with Gasteiger partial charge in [0.25, 0.3) is 9.05 Å². The van der Waals surface area contributed by atoms with Crippen molar-refractivity contribution in [3.63, 3.8) is 0 Å². The largest absolute Gasteiger partial charge is 0.261 e. The van der Waals surface area contributed by atoms with Crippen LogP contribution in [0.15, 0.2) is 34.2 Å². The van der Waals surface area contributed by atoms with Crippen molar-refractivity contribution in [2.75, 3.05) is 0 Å². The number of carbonyl (C=O) groups excluding carboxylic acids is 1. The second-order valence-corrected chi connectivity index (χ2v) is 4.70. The first-order valence-corrected chi connectivity index (χ1v) is 5.47. The normalized spacial score (nSPS) is 10.5. The van der Waals surface area contributed by atoms with E-state index in [0.717, 1.165) is 0 Å². The molecule has 0 saturated heterocycles. The van der Waals surface area contributed by atoms with Gasteiger partial charge in [0.2, 0.25) is 6.08 Å². The molecule has 0 saturated carbocycles. The molecular weight excluding hydrogens is 214 g/mol. The Morgan fingerprint density at radius 2 is 2.08 bits per heavy atom. The predicted molar refractivity (Wildman–Crippen MR) is 47.3 cm³/mol. The summed E-state index contributed by atoms with van der Waals surface area (Å²) in [5, 5.41) is 0. The molecule has 0 spiro atoms. The first-order chi connectivity index (χ1) is 6.04. The lowest BCUT2D eigenvalue weighted by Gasteiger charge is -1.95. The Kier molecular flexibility index (Phi) is 2.83. The highest BCUT2D eigenvalue weighted by molar-refractivity contribution is 8.13. The van der Waals surface area contributed by atoms with E-state index in [9.17, 15) is 13.2 Å². The molecule has 0 bridgehead atoms. The summed E-state index contributed by atoms with van der Waals surface area (Å²) in [6, 6.07) is 5.40. The third-order valence-corrected chi connectivity index (χ3v) is 2.63. The number of halogens is 1. The summed E-state index contributed by atoms with van der Waals surface area (Å²) in [4.78, 5) is 13.0. The molecule has 0 aliphatic rings. The molecule has 6 heteroatoms. The maximum absolute atomic E-state index is 10.8. The zero-order valence-corrected chi connectivity index (χ0v) is 7.84. The highest BCUT2D eigenvalue weighted by atomic mass is 35.7. The lowest BCUT2D eigenvalue weighted by Crippen LogP contribution is -1.88. The number of benzene rings is 1. The molecule has 0 unspecified atom stereocenters. The van der Waals surface area contributed by atoms with Gasteiger partial charge in [0.15, 0.2) is 0 Å². The molecule has 0 atom stereocenters. The molecule has 1 aromatic carbocycles. The third kappa shape index (κ3) is 2.66. The summed E-state index contributed by atoms with van der Waals surface area (Å²) in [5.74, 6) is 0. The topological polar surface area (TPSA) is 63.6 Å². The van der Waals surface area contributed by atoms with Crippen LogP contribution in [-0.4, -0.2) is 14.5 Å². The predicted octanol–water partition coefficient (Wildman–Crippen LogP) is 1.58. The van der Waals surface area contributed by atoms with Crippen LogP contribution in [0, 0.1) is 0 Å². The SMILES string of the molecule is O=C=Nc1cccc(S(=O)(=O)Cl)c1. The van der Waals surface area contributed by atoms with Gasteiger partial charge in [0.05, 0.1) is 10.6 Å². The number of aliphatic imine (C=N–C) groups is 1. The van der Waals surface area contributed by atoms with Crippen molar-refractivity contribution >= 4 is 31.5 Å². The van der Waals surface area contributed by atoms with Crippen LogP contribution < -0.4 is 0 Å². The fourth-order valence-corrected chi connectivity index (χ4v) is 1.55. The number of rotatable bonds is 2. The van der Waals surface area contributed by atoms with Crippen LogP contribution in [0.5, 0.6) is 0 Å². The van der Waals surface area contributed by atoms with Crippen molar-refractivity contribution < 1.29 is 13.2 Å². The fourth-order valence-electron chi connectivity index (χ4n) is 0.757. The quantitative estimate of drug-likeness (QED) is 0.429. The van der Waals surface area contributed by atoms with Crippen LogP contribution in [-0.2, 0) is 13.8 Å². The van der Waals surface area contributed by atoms with E-state index in [1.807, 2.05) is 0 Å². The molecule has 0 heterocycles. The second-order valence-electron chi connectivity index (χ2n) is 2.14. The minimum absolute atomic E-state index is 0.0920. The zero-order chi connectivity index (χ0) is 9.90. The van der Waals surface area contributed by atoms with Gasteiger partial charge in [-0.1, -0.05) is 6.07 Å². The van der Waals surface area contributed by atoms with Crippen molar-refractivity contribution in [1.29, 1.82) is 0 Å². The maximum Gasteiger partial charge on any atom is 0.261 e. The van der Waals surface area contributed by atoms with E-state index >= 15 is 0 Å². The van der Waals surface area contributed by atoms with Crippen LogP contribution in [0.4, 0.5) is 5.69 Å². The molecule has 0 aliphatic heterocycles. The van der Waals surface area contributed by atoms with Crippen LogP contribution in [0.3, 0.4) is 0 Å². The second kappa shape index (κ2) is 3.70. The van der Waals surface area contributed by atoms with Crippen molar-refractivity contribution in [3.05, 3.63) is 24.3 Å². The summed E-state index contributed by atoms with van der Waals surface area (Å²) in [6.07, 6.45) is 1.30. The van der Waals surface area contributed by atoms with Crippen LogP contribution >= 0.6 is 10.7 Å². The first kappa shape index (κ1) is 9.92. The first-order valence-electron chi connectivity index (χ1n) is 3.16. The van der Waals surface area contributed by atoms with Gasteiger partial charge in [0.1, 0.15) is 0 Å². The van der Waals surface area contributed by atoms with Gasteiger partial charge in [-0.05, 0) is 18.2 Å². The lowest BCUT2D eigenvalue weighted by atomic mass is 10.3. The van der Waals surface area contributed by atoms with E-state index in [0.29, 0.717) is 0 Å². The Hall–Kier alpha value is -1.16. The summed E-state index contributed by atoms with van der Waals surface area (Å²) in [5.41, 5.74) is 0.205. The van der Waals surface area contributed by atoms with Gasteiger partial charge in [-0.2, -0.15) is 4.99 Å². The van der Waals surface area contributed by atoms with Crippen LogP contribution in [0.2, 0.25) is 0 Å². The standard InChI is InChI=1S/C7H4ClNO3S/c8-13(11,12)7-3-1-2-6(4-7)9-5-10/h1-4H. The van der Waals surface area contributed by atoms with Gasteiger partial charge >= 0.3 is 0 Å². The van der Waals surface area contributed by atoms with Gasteiger partial charge in [-0.25, -0.2) is 13.2 Å². The average molecular weight is 218 g/mol. The Bertz CT molecular complexity index is 462. The maximum atomic E-state index is 10.8. The van der Waals surface area contributed by atoms with E-state index < -0.39 is 9.05 Å². The Balaban J connectivity index is 3.28. The highest BCUT2D eigenvalue weighted by Gasteiger charge is 2.09. The fraction of sp³-hybridized carbons (Fsp3) is 0. The molecule has 1 rings (SSSR count). The number of isocyanates is 1. The van der Waals surface area contributed by atoms with Crippen molar-refractivity contribution in [2.45, 2.75) is 4.90 Å². The molecule has 0 aliphatic carbocycles. The molecule has 1 aromatic rings. The van der Waals surface area contributed by atoms with E-state index in [2.05, 4.69) is 4.99 Å². The summed E-state index contributed by atoms with van der Waals surface area (Å²) in [6.45, 7) is 0. The molecule has 0 amide bonds. The molecule has 0 radical (unpaired) electrons. The third-order valence-electron chi connectivity index (χ3n) is 1.27. The van der Waals surface area contributed by atoms with Gasteiger partial charge in [-0.3, -0.25) is 0 Å². The summed E-state index contributed by atoms with van der Waals surface area (Å²) >= 11 is 0. The number of hydrogen-bond acceptors (Lipinski definition) is 4. The molecule has 68 valence electrons. The van der Waals surface area contributed by atoms with Crippen LogP contribution in [0.25, 0.3) is 0 Å². The van der Waals surface area contributed by atoms with Gasteiger partial charge < -0.3 is 0 Å². The Labute approximate surface area is 79.3 Å². The summed E-state index contributed by atoms with van der Waals surface area (Å²) in [7, 11) is 1.30. The molecule has 0 fully saturated rings. The van der Waals surface area contributed by atoms with Crippen molar-refractivity contribution in [1.82, 2.24) is 0 Å². The molecule has 0 N–H and O–H groups in total. The van der Waals surface area contributed by atoms with E-state index in [1.54, 1.807) is 0 Å². The van der Waals surface area contributed by atoms with E-state index in [-0.39, 0.29) is 10.6 Å². The average Bonchev–Trinajstić information content (AvgIpc) is 2.04. The minimum atomic E-state index is -3.76. The van der Waals surface area contributed by atoms with E-state index in [1.165, 1.54) is 30.3 Å². The lowest BCUT2D eigenvalue weighted by molar-refractivity contribution is 0.565. The monoisotopic (exact) mass is 217 g/mol. The highest BCUT2D eigenvalue weighted by Crippen LogP contribution is 2.20. The zero-order valence-electron chi connectivity index (χ0n) is 6.27. The summed E-state index contributed by atoms with van der Waals surface area (Å²) < 4.78 is 21.6. The minimum Gasteiger partial charge on any atom is -0.211 e. The van der Waals surface area contributed by atoms with Gasteiger partial charge in [0, 0.05) is 10.7 Å². The van der Waals surface area contributed by atoms with Gasteiger partial charge in [-0.15, -0.1) is 0 Å². The van der Waals surface area contributed by atoms with Crippen molar-refractivity contribution in [3.8, 4) is 0 Å². The Morgan fingerprint density at radius 1 is 1.38 bits per heavy atom. The van der Waals surface area contributed by atoms with E-state index in [4.69, 9.17) is 10.7 Å². The number of nitrogens with zero attached hydrogens (tertiary/aromatic N) is 1. The van der Waals surface area contributed by atoms with Crippen molar-refractivity contribution in [2.24, 2.45) is 4.99 Å². The molecule has 0 aromatic heterocycles.